The third-order valence-electron chi connectivity index (χ3n) is 5.53. The molecule has 0 amide bonds. The number of benzene rings is 2. The lowest BCUT2D eigenvalue weighted by atomic mass is 10.3. The van der Waals surface area contributed by atoms with E-state index in [2.05, 4.69) is 19.9 Å². The van der Waals surface area contributed by atoms with Crippen molar-refractivity contribution in [1.82, 2.24) is 24.3 Å². The fourth-order valence-electron chi connectivity index (χ4n) is 3.43. The molecule has 0 saturated heterocycles. The molecule has 2 aromatic carbocycles. The fraction of sp³-hybridized carbons (Fsp3) is 0.130. The first-order chi connectivity index (χ1) is 16.7. The molecule has 3 heterocycles. The van der Waals surface area contributed by atoms with Crippen molar-refractivity contribution >= 4 is 26.8 Å². The number of fused-ring (bicyclic) bond motifs is 1. The molecule has 0 saturated carbocycles. The monoisotopic (exact) mass is 492 g/mol. The summed E-state index contributed by atoms with van der Waals surface area (Å²) in [6, 6.07) is 14.0. The summed E-state index contributed by atoms with van der Waals surface area (Å²) in [5, 5.41) is 8.27. The van der Waals surface area contributed by atoms with E-state index < -0.39 is 15.8 Å². The third-order valence-corrected chi connectivity index (χ3v) is 6.91. The molecular weight excluding hydrogens is 472 g/mol. The first kappa shape index (κ1) is 22.3. The lowest BCUT2D eigenvalue weighted by Crippen LogP contribution is -2.13. The standard InChI is InChI=1S/C23H20N6O5S/c1-14-15(2)29(13-24-14)21-10-11-22(26-25-21)33-17-6-4-16(5-7-17)27-35(31,32)18-8-9-20-19(12-18)28(3)23(30)34-20/h4-13,27H,1-3H3. The van der Waals surface area contributed by atoms with E-state index in [1.807, 2.05) is 18.4 Å². The van der Waals surface area contributed by atoms with Crippen LogP contribution < -0.4 is 15.2 Å². The highest BCUT2D eigenvalue weighted by Crippen LogP contribution is 2.24. The lowest BCUT2D eigenvalue weighted by molar-refractivity contribution is 0.454. The Morgan fingerprint density at radius 3 is 2.43 bits per heavy atom. The fourth-order valence-corrected chi connectivity index (χ4v) is 4.50. The molecule has 0 aliphatic rings. The Bertz CT molecular complexity index is 1700. The highest BCUT2D eigenvalue weighted by molar-refractivity contribution is 7.92. The molecule has 0 atom stereocenters. The molecule has 5 rings (SSSR count). The van der Waals surface area contributed by atoms with Gasteiger partial charge in [0, 0.05) is 24.5 Å². The number of rotatable bonds is 6. The lowest BCUT2D eigenvalue weighted by Gasteiger charge is -2.10. The first-order valence-corrected chi connectivity index (χ1v) is 11.9. The second-order valence-corrected chi connectivity index (χ2v) is 9.49. The van der Waals surface area contributed by atoms with Crippen molar-refractivity contribution in [1.29, 1.82) is 0 Å². The van der Waals surface area contributed by atoms with Crippen LogP contribution in [-0.4, -0.2) is 32.7 Å². The molecule has 0 fully saturated rings. The number of aromatic nitrogens is 5. The van der Waals surface area contributed by atoms with Gasteiger partial charge in [-0.25, -0.2) is 18.2 Å². The molecular formula is C23H20N6O5S. The molecule has 3 aromatic heterocycles. The van der Waals surface area contributed by atoms with E-state index in [1.54, 1.807) is 42.7 Å². The van der Waals surface area contributed by atoms with Gasteiger partial charge in [0.05, 0.1) is 16.1 Å². The van der Waals surface area contributed by atoms with Gasteiger partial charge in [0.1, 0.15) is 12.1 Å². The van der Waals surface area contributed by atoms with Crippen LogP contribution in [0.4, 0.5) is 5.69 Å². The van der Waals surface area contributed by atoms with Gasteiger partial charge in [-0.3, -0.25) is 13.9 Å². The van der Waals surface area contributed by atoms with Crippen molar-refractivity contribution in [3.8, 4) is 17.4 Å². The molecule has 0 bridgehead atoms. The molecule has 0 unspecified atom stereocenters. The number of sulfonamides is 1. The number of hydrogen-bond donors (Lipinski definition) is 1. The minimum Gasteiger partial charge on any atom is -0.438 e. The number of ether oxygens (including phenoxy) is 1. The van der Waals surface area contributed by atoms with Crippen LogP contribution in [0.15, 0.2) is 75.0 Å². The van der Waals surface area contributed by atoms with Gasteiger partial charge in [-0.05, 0) is 62.4 Å². The maximum absolute atomic E-state index is 12.8. The maximum Gasteiger partial charge on any atom is 0.419 e. The number of nitrogens with zero attached hydrogens (tertiary/aromatic N) is 5. The van der Waals surface area contributed by atoms with E-state index in [9.17, 15) is 13.2 Å². The quantitative estimate of drug-likeness (QED) is 0.382. The van der Waals surface area contributed by atoms with Crippen molar-refractivity contribution in [2.45, 2.75) is 18.7 Å². The summed E-state index contributed by atoms with van der Waals surface area (Å²) in [7, 11) is -2.39. The molecule has 178 valence electrons. The number of aryl methyl sites for hydroxylation is 2. The van der Waals surface area contributed by atoms with E-state index >= 15 is 0 Å². The summed E-state index contributed by atoms with van der Waals surface area (Å²) in [5.74, 6) is 0.799. The van der Waals surface area contributed by atoms with Gasteiger partial charge in [-0.2, -0.15) is 0 Å². The van der Waals surface area contributed by atoms with Gasteiger partial charge in [-0.15, -0.1) is 10.2 Å². The maximum atomic E-state index is 12.8. The van der Waals surface area contributed by atoms with Gasteiger partial charge in [0.25, 0.3) is 10.0 Å². The van der Waals surface area contributed by atoms with Crippen LogP contribution in [-0.2, 0) is 17.1 Å². The van der Waals surface area contributed by atoms with E-state index in [0.29, 0.717) is 28.4 Å². The highest BCUT2D eigenvalue weighted by Gasteiger charge is 2.17. The topological polar surface area (TPSA) is 134 Å². The molecule has 0 aliphatic carbocycles. The van der Waals surface area contributed by atoms with Gasteiger partial charge in [0.15, 0.2) is 11.4 Å². The van der Waals surface area contributed by atoms with Gasteiger partial charge < -0.3 is 9.15 Å². The summed E-state index contributed by atoms with van der Waals surface area (Å²) < 4.78 is 42.0. The Kier molecular flexibility index (Phi) is 5.36. The van der Waals surface area contributed by atoms with E-state index in [4.69, 9.17) is 9.15 Å². The normalized spacial score (nSPS) is 11.6. The predicted molar refractivity (Wildman–Crippen MR) is 127 cm³/mol. The Labute approximate surface area is 199 Å². The zero-order chi connectivity index (χ0) is 24.7. The number of anilines is 1. The number of oxazole rings is 1. The number of imidazole rings is 1. The molecule has 11 nitrogen and oxygen atoms in total. The summed E-state index contributed by atoms with van der Waals surface area (Å²) in [5.41, 5.74) is 2.91. The van der Waals surface area contributed by atoms with Crippen molar-refractivity contribution in [2.24, 2.45) is 7.05 Å². The van der Waals surface area contributed by atoms with Crippen molar-refractivity contribution in [3.05, 3.63) is 82.9 Å². The Balaban J connectivity index is 1.29. The van der Waals surface area contributed by atoms with Crippen LogP contribution >= 0.6 is 0 Å². The minimum absolute atomic E-state index is 0.000383. The molecule has 0 aliphatic heterocycles. The van der Waals surface area contributed by atoms with Gasteiger partial charge in [-0.1, -0.05) is 0 Å². The van der Waals surface area contributed by atoms with Crippen LogP contribution in [0.1, 0.15) is 11.4 Å². The van der Waals surface area contributed by atoms with Crippen molar-refractivity contribution in [2.75, 3.05) is 4.72 Å². The molecule has 35 heavy (non-hydrogen) atoms. The zero-order valence-corrected chi connectivity index (χ0v) is 19.8. The number of nitrogens with one attached hydrogen (secondary N) is 1. The minimum atomic E-state index is -3.89. The van der Waals surface area contributed by atoms with Gasteiger partial charge >= 0.3 is 5.76 Å². The molecule has 1 N–H and O–H groups in total. The van der Waals surface area contributed by atoms with Crippen LogP contribution in [0.3, 0.4) is 0 Å². The molecule has 12 heteroatoms. The molecule has 0 radical (unpaired) electrons. The summed E-state index contributed by atoms with van der Waals surface area (Å²) in [6.07, 6.45) is 1.68. The average molecular weight is 493 g/mol. The van der Waals surface area contributed by atoms with E-state index in [0.717, 1.165) is 11.4 Å². The summed E-state index contributed by atoms with van der Waals surface area (Å²) >= 11 is 0. The van der Waals surface area contributed by atoms with Crippen LogP contribution in [0.25, 0.3) is 16.9 Å². The second kappa shape index (κ2) is 8.40. The molecule has 5 aromatic rings. The van der Waals surface area contributed by atoms with Crippen molar-refractivity contribution in [3.63, 3.8) is 0 Å². The van der Waals surface area contributed by atoms with Gasteiger partial charge in [0.2, 0.25) is 5.88 Å². The smallest absolute Gasteiger partial charge is 0.419 e. The van der Waals surface area contributed by atoms with Crippen molar-refractivity contribution < 1.29 is 17.6 Å². The Hall–Kier alpha value is -4.45. The van der Waals surface area contributed by atoms with Crippen LogP contribution in [0.2, 0.25) is 0 Å². The predicted octanol–water partition coefficient (Wildman–Crippen LogP) is 3.32. The molecule has 0 spiro atoms. The summed E-state index contributed by atoms with van der Waals surface area (Å²) in [4.78, 5) is 15.9. The highest BCUT2D eigenvalue weighted by atomic mass is 32.2. The summed E-state index contributed by atoms with van der Waals surface area (Å²) in [6.45, 7) is 3.87. The van der Waals surface area contributed by atoms with E-state index in [1.165, 1.54) is 29.8 Å². The Morgan fingerprint density at radius 2 is 1.77 bits per heavy atom. The largest absolute Gasteiger partial charge is 0.438 e. The Morgan fingerprint density at radius 1 is 1.00 bits per heavy atom. The van der Waals surface area contributed by atoms with Crippen LogP contribution in [0.5, 0.6) is 11.6 Å². The number of hydrogen-bond acceptors (Lipinski definition) is 8. The third kappa shape index (κ3) is 4.26. The van der Waals surface area contributed by atoms with Crippen LogP contribution in [0, 0.1) is 13.8 Å². The zero-order valence-electron chi connectivity index (χ0n) is 19.0. The SMILES string of the molecule is Cc1ncn(-c2ccc(Oc3ccc(NS(=O)(=O)c4ccc5oc(=O)n(C)c5c4)cc3)nn2)c1C. The van der Waals surface area contributed by atoms with E-state index in [-0.39, 0.29) is 10.8 Å². The average Bonchev–Trinajstić information content (AvgIpc) is 3.33. The first-order valence-electron chi connectivity index (χ1n) is 10.5. The second-order valence-electron chi connectivity index (χ2n) is 7.80.